The van der Waals surface area contributed by atoms with Crippen LogP contribution >= 0.6 is 12.4 Å². The van der Waals surface area contributed by atoms with Crippen LogP contribution in [0.1, 0.15) is 45.9 Å². The summed E-state index contributed by atoms with van der Waals surface area (Å²) < 4.78 is 7.18. The Morgan fingerprint density at radius 1 is 1.26 bits per heavy atom. The van der Waals surface area contributed by atoms with Gasteiger partial charge in [-0.25, -0.2) is 4.68 Å². The normalized spacial score (nSPS) is 15.9. The molecule has 0 saturated heterocycles. The van der Waals surface area contributed by atoms with Crippen molar-refractivity contribution in [3.8, 4) is 5.69 Å². The summed E-state index contributed by atoms with van der Waals surface area (Å²) in [6.07, 6.45) is 5.37. The van der Waals surface area contributed by atoms with Crippen molar-refractivity contribution in [1.29, 1.82) is 0 Å². The quantitative estimate of drug-likeness (QED) is 0.584. The predicted molar refractivity (Wildman–Crippen MR) is 120 cm³/mol. The summed E-state index contributed by atoms with van der Waals surface area (Å²) in [5.74, 6) is 1.48. The standard InChI is InChI=1S/C23H27N5O2.ClH/c1-16-22(23(29)26(2)15-19-6-4-12-30-19)24-25-28(16)21-7-3-5-18-14-27(11-10-20(18)21)13-17-8-9-17;/h3-7,12,17H,8-11,13-15H2,1-2H3;1H. The Morgan fingerprint density at radius 2 is 2.10 bits per heavy atom. The molecule has 1 aliphatic heterocycles. The van der Waals surface area contributed by atoms with Crippen molar-refractivity contribution in [1.82, 2.24) is 24.8 Å². The largest absolute Gasteiger partial charge is 0.467 e. The molecule has 0 N–H and O–H groups in total. The van der Waals surface area contributed by atoms with Gasteiger partial charge in [0, 0.05) is 26.7 Å². The minimum atomic E-state index is -0.157. The number of benzene rings is 1. The Hall–Kier alpha value is -2.64. The van der Waals surface area contributed by atoms with Gasteiger partial charge in [0.15, 0.2) is 5.69 Å². The number of amides is 1. The van der Waals surface area contributed by atoms with Gasteiger partial charge in [0.2, 0.25) is 0 Å². The molecule has 1 fully saturated rings. The van der Waals surface area contributed by atoms with Crippen molar-refractivity contribution in [3.63, 3.8) is 0 Å². The van der Waals surface area contributed by atoms with E-state index in [-0.39, 0.29) is 18.3 Å². The average molecular weight is 442 g/mol. The Morgan fingerprint density at radius 3 is 2.84 bits per heavy atom. The summed E-state index contributed by atoms with van der Waals surface area (Å²) in [5, 5.41) is 8.59. The topological polar surface area (TPSA) is 67.4 Å². The first-order valence-corrected chi connectivity index (χ1v) is 10.6. The van der Waals surface area contributed by atoms with Gasteiger partial charge in [-0.05, 0) is 61.4 Å². The number of hydrogen-bond acceptors (Lipinski definition) is 5. The van der Waals surface area contributed by atoms with E-state index in [1.54, 1.807) is 18.2 Å². The van der Waals surface area contributed by atoms with Crippen LogP contribution in [0.4, 0.5) is 0 Å². The van der Waals surface area contributed by atoms with Crippen molar-refractivity contribution in [3.05, 3.63) is 64.9 Å². The second kappa shape index (κ2) is 8.85. The third-order valence-electron chi connectivity index (χ3n) is 6.18. The molecule has 1 aliphatic carbocycles. The minimum Gasteiger partial charge on any atom is -0.467 e. The van der Waals surface area contributed by atoms with Gasteiger partial charge in [-0.2, -0.15) is 0 Å². The molecule has 1 aromatic carbocycles. The summed E-state index contributed by atoms with van der Waals surface area (Å²) in [7, 11) is 1.75. The first kappa shape index (κ1) is 21.6. The fraction of sp³-hybridized carbons (Fsp3) is 0.435. The predicted octanol–water partition coefficient (Wildman–Crippen LogP) is 3.63. The zero-order valence-electron chi connectivity index (χ0n) is 18.0. The van der Waals surface area contributed by atoms with Gasteiger partial charge in [0.25, 0.3) is 5.91 Å². The summed E-state index contributed by atoms with van der Waals surface area (Å²) in [5.41, 5.74) is 4.86. The highest BCUT2D eigenvalue weighted by Crippen LogP contribution is 2.32. The highest BCUT2D eigenvalue weighted by Gasteiger charge is 2.28. The molecule has 3 heterocycles. The lowest BCUT2D eigenvalue weighted by molar-refractivity contribution is 0.0769. The first-order chi connectivity index (χ1) is 14.6. The molecule has 8 heteroatoms. The zero-order valence-corrected chi connectivity index (χ0v) is 18.8. The number of hydrogen-bond donors (Lipinski definition) is 0. The van der Waals surface area contributed by atoms with Crippen LogP contribution in [0.2, 0.25) is 0 Å². The lowest BCUT2D eigenvalue weighted by Crippen LogP contribution is -2.32. The van der Waals surface area contributed by atoms with E-state index < -0.39 is 0 Å². The number of furan rings is 1. The van der Waals surface area contributed by atoms with E-state index in [0.29, 0.717) is 12.2 Å². The Labute approximate surface area is 188 Å². The van der Waals surface area contributed by atoms with Gasteiger partial charge in [-0.1, -0.05) is 17.3 Å². The molecule has 5 rings (SSSR count). The summed E-state index contributed by atoms with van der Waals surface area (Å²) in [4.78, 5) is 17.1. The molecule has 0 radical (unpaired) electrons. The van der Waals surface area contributed by atoms with Gasteiger partial charge >= 0.3 is 0 Å². The minimum absolute atomic E-state index is 0. The molecule has 7 nitrogen and oxygen atoms in total. The molecule has 2 aliphatic rings. The van der Waals surface area contributed by atoms with Crippen molar-refractivity contribution in [2.45, 2.75) is 39.3 Å². The zero-order chi connectivity index (χ0) is 20.7. The Bertz CT molecular complexity index is 1060. The van der Waals surface area contributed by atoms with Crippen LogP contribution in [0, 0.1) is 12.8 Å². The molecular weight excluding hydrogens is 414 g/mol. The third kappa shape index (κ3) is 4.38. The monoisotopic (exact) mass is 441 g/mol. The summed E-state index contributed by atoms with van der Waals surface area (Å²) >= 11 is 0. The van der Waals surface area contributed by atoms with Crippen LogP contribution in [0.25, 0.3) is 5.69 Å². The molecule has 164 valence electrons. The van der Waals surface area contributed by atoms with Crippen molar-refractivity contribution in [2.24, 2.45) is 5.92 Å². The Balaban J connectivity index is 0.00000231. The van der Waals surface area contributed by atoms with Crippen LogP contribution in [-0.4, -0.2) is 50.8 Å². The van der Waals surface area contributed by atoms with Gasteiger partial charge in [-0.3, -0.25) is 9.69 Å². The van der Waals surface area contributed by atoms with Crippen molar-refractivity contribution in [2.75, 3.05) is 20.1 Å². The number of fused-ring (bicyclic) bond motifs is 1. The molecule has 0 bridgehead atoms. The van der Waals surface area contributed by atoms with E-state index in [9.17, 15) is 4.79 Å². The molecule has 1 amide bonds. The fourth-order valence-electron chi connectivity index (χ4n) is 4.31. The van der Waals surface area contributed by atoms with Gasteiger partial charge in [0.1, 0.15) is 5.76 Å². The smallest absolute Gasteiger partial charge is 0.276 e. The SMILES string of the molecule is Cc1c(C(=O)N(C)Cc2ccco2)nnn1-c1cccc2c1CCN(CC1CC1)C2.Cl. The van der Waals surface area contributed by atoms with E-state index in [1.165, 1.54) is 30.5 Å². The van der Waals surface area contributed by atoms with Crippen LogP contribution in [0.3, 0.4) is 0 Å². The first-order valence-electron chi connectivity index (χ1n) is 10.6. The highest BCUT2D eigenvalue weighted by atomic mass is 35.5. The molecule has 0 atom stereocenters. The third-order valence-corrected chi connectivity index (χ3v) is 6.18. The van der Waals surface area contributed by atoms with Crippen LogP contribution in [0.15, 0.2) is 41.0 Å². The molecule has 2 aromatic heterocycles. The maximum absolute atomic E-state index is 12.9. The lowest BCUT2D eigenvalue weighted by atomic mass is 9.97. The van der Waals surface area contributed by atoms with Gasteiger partial charge in [0.05, 0.1) is 24.2 Å². The van der Waals surface area contributed by atoms with Gasteiger partial charge in [-0.15, -0.1) is 17.5 Å². The summed E-state index contributed by atoms with van der Waals surface area (Å²) in [6, 6.07) is 10.1. The molecule has 0 spiro atoms. The fourth-order valence-corrected chi connectivity index (χ4v) is 4.31. The number of carbonyl (C=O) groups is 1. The van der Waals surface area contributed by atoms with Crippen LogP contribution in [0.5, 0.6) is 0 Å². The molecular formula is C23H28ClN5O2. The second-order valence-electron chi connectivity index (χ2n) is 8.52. The van der Waals surface area contributed by atoms with Crippen LogP contribution in [-0.2, 0) is 19.5 Å². The number of carbonyl (C=O) groups excluding carboxylic acids is 1. The maximum atomic E-state index is 12.9. The second-order valence-corrected chi connectivity index (χ2v) is 8.52. The van der Waals surface area contributed by atoms with Crippen molar-refractivity contribution < 1.29 is 9.21 Å². The Kier molecular flexibility index (Phi) is 6.16. The van der Waals surface area contributed by atoms with E-state index in [1.807, 2.05) is 23.7 Å². The van der Waals surface area contributed by atoms with Crippen LogP contribution < -0.4 is 0 Å². The average Bonchev–Trinajstić information content (AvgIpc) is 3.26. The maximum Gasteiger partial charge on any atom is 0.276 e. The number of halogens is 1. The van der Waals surface area contributed by atoms with E-state index in [2.05, 4.69) is 33.4 Å². The van der Waals surface area contributed by atoms with E-state index in [0.717, 1.165) is 42.6 Å². The highest BCUT2D eigenvalue weighted by molar-refractivity contribution is 5.93. The summed E-state index contributed by atoms with van der Waals surface area (Å²) in [6.45, 7) is 5.59. The van der Waals surface area contributed by atoms with Gasteiger partial charge < -0.3 is 9.32 Å². The molecule has 1 saturated carbocycles. The number of aromatic nitrogens is 3. The van der Waals surface area contributed by atoms with E-state index in [4.69, 9.17) is 4.42 Å². The van der Waals surface area contributed by atoms with Crippen molar-refractivity contribution >= 4 is 18.3 Å². The molecule has 0 unspecified atom stereocenters. The molecule has 31 heavy (non-hydrogen) atoms. The van der Waals surface area contributed by atoms with E-state index >= 15 is 0 Å². The number of rotatable bonds is 6. The number of nitrogens with zero attached hydrogens (tertiary/aromatic N) is 5. The molecule has 3 aromatic rings. The lowest BCUT2D eigenvalue weighted by Gasteiger charge is -2.30.